The quantitative estimate of drug-likeness (QED) is 0.445. The molecule has 0 aliphatic carbocycles. The second-order valence-corrected chi connectivity index (χ2v) is 3.74. The summed E-state index contributed by atoms with van der Waals surface area (Å²) in [5.41, 5.74) is 0. The molecule has 0 aromatic rings. The van der Waals surface area contributed by atoms with Crippen molar-refractivity contribution in [1.82, 2.24) is 4.90 Å². The molecule has 0 unspecified atom stereocenters. The van der Waals surface area contributed by atoms with Crippen LogP contribution in [0.1, 0.15) is 40.0 Å². The number of esters is 1. The molecule has 0 aromatic carbocycles. The standard InChI is InChI=1S/C12H23NO3/c1-4-7-8-13(5-2)10-11(14)9-12(15)16-6-3/h4-10H2,1-3H3. The smallest absolute Gasteiger partial charge is 0.313 e. The van der Waals surface area contributed by atoms with Crippen LogP contribution in [0.4, 0.5) is 0 Å². The van der Waals surface area contributed by atoms with Crippen molar-refractivity contribution in [3.63, 3.8) is 0 Å². The molecule has 0 amide bonds. The lowest BCUT2D eigenvalue weighted by Gasteiger charge is -2.18. The van der Waals surface area contributed by atoms with Gasteiger partial charge in [-0.05, 0) is 26.4 Å². The minimum absolute atomic E-state index is 0.0589. The predicted molar refractivity (Wildman–Crippen MR) is 63.3 cm³/mol. The van der Waals surface area contributed by atoms with Crippen molar-refractivity contribution < 1.29 is 14.3 Å². The van der Waals surface area contributed by atoms with Crippen LogP contribution >= 0.6 is 0 Å². The van der Waals surface area contributed by atoms with E-state index in [9.17, 15) is 9.59 Å². The van der Waals surface area contributed by atoms with E-state index in [4.69, 9.17) is 4.74 Å². The molecular formula is C12H23NO3. The first-order valence-electron chi connectivity index (χ1n) is 6.03. The van der Waals surface area contributed by atoms with E-state index < -0.39 is 5.97 Å². The number of ketones is 1. The number of rotatable bonds is 9. The molecule has 0 spiro atoms. The zero-order valence-electron chi connectivity index (χ0n) is 10.6. The maximum atomic E-state index is 11.5. The summed E-state index contributed by atoms with van der Waals surface area (Å²) < 4.78 is 4.73. The normalized spacial score (nSPS) is 10.5. The molecule has 94 valence electrons. The number of likely N-dealkylation sites (N-methyl/N-ethyl adjacent to an activating group) is 1. The lowest BCUT2D eigenvalue weighted by Crippen LogP contribution is -2.31. The van der Waals surface area contributed by atoms with Crippen LogP contribution in [0.3, 0.4) is 0 Å². The van der Waals surface area contributed by atoms with Gasteiger partial charge in [0.15, 0.2) is 5.78 Å². The SMILES string of the molecule is CCCCN(CC)CC(=O)CC(=O)OCC. The third kappa shape index (κ3) is 7.40. The molecule has 0 aliphatic rings. The molecule has 0 rings (SSSR count). The molecule has 0 saturated heterocycles. The minimum atomic E-state index is -0.418. The Labute approximate surface area is 98.0 Å². The molecule has 0 aliphatic heterocycles. The molecule has 4 heteroatoms. The number of carbonyl (C=O) groups is 2. The van der Waals surface area contributed by atoms with Gasteiger partial charge < -0.3 is 4.74 Å². The topological polar surface area (TPSA) is 46.6 Å². The molecule has 4 nitrogen and oxygen atoms in total. The summed E-state index contributed by atoms with van der Waals surface area (Å²) in [6, 6.07) is 0. The van der Waals surface area contributed by atoms with Crippen molar-refractivity contribution in [3.8, 4) is 0 Å². The minimum Gasteiger partial charge on any atom is -0.466 e. The van der Waals surface area contributed by atoms with E-state index in [0.717, 1.165) is 25.9 Å². The van der Waals surface area contributed by atoms with Gasteiger partial charge in [0, 0.05) is 0 Å². The van der Waals surface area contributed by atoms with Crippen molar-refractivity contribution in [2.24, 2.45) is 0 Å². The third-order valence-corrected chi connectivity index (χ3v) is 2.32. The van der Waals surface area contributed by atoms with Crippen LogP contribution in [-0.2, 0) is 14.3 Å². The van der Waals surface area contributed by atoms with Crippen LogP contribution in [-0.4, -0.2) is 42.9 Å². The van der Waals surface area contributed by atoms with E-state index in [1.54, 1.807) is 6.92 Å². The van der Waals surface area contributed by atoms with Gasteiger partial charge in [-0.1, -0.05) is 20.3 Å². The number of nitrogens with zero attached hydrogens (tertiary/aromatic N) is 1. The summed E-state index contributed by atoms with van der Waals surface area (Å²) in [5.74, 6) is -0.476. The fourth-order valence-corrected chi connectivity index (χ4v) is 1.41. The Morgan fingerprint density at radius 1 is 1.19 bits per heavy atom. The number of unbranched alkanes of at least 4 members (excludes halogenated alkanes) is 1. The predicted octanol–water partition coefficient (Wildman–Crippen LogP) is 1.63. The summed E-state index contributed by atoms with van der Waals surface area (Å²) in [6.07, 6.45) is 2.10. The fraction of sp³-hybridized carbons (Fsp3) is 0.833. The van der Waals surface area contributed by atoms with E-state index in [1.165, 1.54) is 0 Å². The maximum absolute atomic E-state index is 11.5. The molecule has 16 heavy (non-hydrogen) atoms. The van der Waals surface area contributed by atoms with Gasteiger partial charge in [0.2, 0.25) is 0 Å². The summed E-state index contributed by atoms with van der Waals surface area (Å²) in [6.45, 7) is 8.33. The fourth-order valence-electron chi connectivity index (χ4n) is 1.41. The van der Waals surface area contributed by atoms with Gasteiger partial charge >= 0.3 is 5.97 Å². The Morgan fingerprint density at radius 3 is 2.38 bits per heavy atom. The zero-order valence-corrected chi connectivity index (χ0v) is 10.6. The van der Waals surface area contributed by atoms with Crippen LogP contribution < -0.4 is 0 Å². The lowest BCUT2D eigenvalue weighted by atomic mass is 10.2. The monoisotopic (exact) mass is 229 g/mol. The van der Waals surface area contributed by atoms with Crippen molar-refractivity contribution in [2.75, 3.05) is 26.2 Å². The number of ether oxygens (including phenoxy) is 1. The van der Waals surface area contributed by atoms with Gasteiger partial charge in [-0.2, -0.15) is 0 Å². The van der Waals surface area contributed by atoms with E-state index in [2.05, 4.69) is 11.8 Å². The van der Waals surface area contributed by atoms with Crippen LogP contribution in [0.15, 0.2) is 0 Å². The van der Waals surface area contributed by atoms with Gasteiger partial charge in [0.1, 0.15) is 6.42 Å². The molecule has 0 saturated carbocycles. The first kappa shape index (κ1) is 15.1. The summed E-state index contributed by atoms with van der Waals surface area (Å²) in [7, 11) is 0. The van der Waals surface area contributed by atoms with E-state index in [1.807, 2.05) is 6.92 Å². The van der Waals surface area contributed by atoms with Gasteiger partial charge in [0.05, 0.1) is 13.2 Å². The van der Waals surface area contributed by atoms with E-state index in [0.29, 0.717) is 13.2 Å². The van der Waals surface area contributed by atoms with Gasteiger partial charge in [0.25, 0.3) is 0 Å². The highest BCUT2D eigenvalue weighted by Crippen LogP contribution is 1.97. The summed E-state index contributed by atoms with van der Waals surface area (Å²) in [4.78, 5) is 24.7. The number of carbonyl (C=O) groups excluding carboxylic acids is 2. The third-order valence-electron chi connectivity index (χ3n) is 2.32. The Kier molecular flexibility index (Phi) is 8.81. The summed E-state index contributed by atoms with van der Waals surface area (Å²) in [5, 5.41) is 0. The lowest BCUT2D eigenvalue weighted by molar-refractivity contribution is -0.145. The van der Waals surface area contributed by atoms with Crippen LogP contribution in [0.2, 0.25) is 0 Å². The molecule has 0 atom stereocenters. The summed E-state index contributed by atoms with van der Waals surface area (Å²) >= 11 is 0. The number of hydrogen-bond donors (Lipinski definition) is 0. The maximum Gasteiger partial charge on any atom is 0.313 e. The van der Waals surface area contributed by atoms with E-state index in [-0.39, 0.29) is 12.2 Å². The highest BCUT2D eigenvalue weighted by Gasteiger charge is 2.13. The van der Waals surface area contributed by atoms with Crippen LogP contribution in [0, 0.1) is 0 Å². The molecule has 0 heterocycles. The van der Waals surface area contributed by atoms with E-state index >= 15 is 0 Å². The van der Waals surface area contributed by atoms with Crippen molar-refractivity contribution in [1.29, 1.82) is 0 Å². The van der Waals surface area contributed by atoms with Crippen molar-refractivity contribution in [2.45, 2.75) is 40.0 Å². The Balaban J connectivity index is 3.86. The van der Waals surface area contributed by atoms with Crippen molar-refractivity contribution in [3.05, 3.63) is 0 Å². The average molecular weight is 229 g/mol. The second kappa shape index (κ2) is 9.33. The first-order chi connectivity index (χ1) is 7.63. The molecular weight excluding hydrogens is 206 g/mol. The highest BCUT2D eigenvalue weighted by atomic mass is 16.5. The zero-order chi connectivity index (χ0) is 12.4. The van der Waals surface area contributed by atoms with Gasteiger partial charge in [-0.25, -0.2) is 0 Å². The van der Waals surface area contributed by atoms with Crippen LogP contribution in [0.5, 0.6) is 0 Å². The van der Waals surface area contributed by atoms with Crippen LogP contribution in [0.25, 0.3) is 0 Å². The first-order valence-corrected chi connectivity index (χ1v) is 6.03. The Bertz CT molecular complexity index is 216. The highest BCUT2D eigenvalue weighted by molar-refractivity contribution is 5.96. The van der Waals surface area contributed by atoms with Crippen molar-refractivity contribution >= 4 is 11.8 Å². The number of hydrogen-bond acceptors (Lipinski definition) is 4. The van der Waals surface area contributed by atoms with Gasteiger partial charge in [-0.3, -0.25) is 14.5 Å². The number of Topliss-reactive ketones (excluding diaryl/α,β-unsaturated/α-hetero) is 1. The Morgan fingerprint density at radius 2 is 1.88 bits per heavy atom. The second-order valence-electron chi connectivity index (χ2n) is 3.74. The Hall–Kier alpha value is -0.900. The molecule has 0 bridgehead atoms. The average Bonchev–Trinajstić information content (AvgIpc) is 2.24. The van der Waals surface area contributed by atoms with Gasteiger partial charge in [-0.15, -0.1) is 0 Å². The molecule has 0 radical (unpaired) electrons. The molecule has 0 fully saturated rings. The molecule has 0 N–H and O–H groups in total. The molecule has 0 aromatic heterocycles. The largest absolute Gasteiger partial charge is 0.466 e.